The Morgan fingerprint density at radius 3 is 2.93 bits per heavy atom. The second kappa shape index (κ2) is 9.67. The molecule has 2 heterocycles. The molecule has 1 atom stereocenters. The summed E-state index contributed by atoms with van der Waals surface area (Å²) in [7, 11) is -1.42. The lowest BCUT2D eigenvalue weighted by atomic mass is 10.2. The molecule has 0 saturated carbocycles. The smallest absolute Gasteiger partial charge is 0.233 e. The van der Waals surface area contributed by atoms with Crippen molar-refractivity contribution in [2.75, 3.05) is 30.9 Å². The third-order valence-corrected chi connectivity index (χ3v) is 7.69. The summed E-state index contributed by atoms with van der Waals surface area (Å²) in [4.78, 5) is 19.1. The number of benzene rings is 1. The number of imidazole rings is 1. The highest BCUT2D eigenvalue weighted by molar-refractivity contribution is 7.99. The minimum absolute atomic E-state index is 0.0363. The van der Waals surface area contributed by atoms with E-state index in [0.29, 0.717) is 18.1 Å². The van der Waals surface area contributed by atoms with Gasteiger partial charge in [0.05, 0.1) is 30.1 Å². The fourth-order valence-electron chi connectivity index (χ4n) is 3.42. The van der Waals surface area contributed by atoms with E-state index in [2.05, 4.69) is 11.9 Å². The normalized spacial score (nSPS) is 17.9. The molecule has 1 aliphatic heterocycles. The Morgan fingerprint density at radius 1 is 1.41 bits per heavy atom. The number of rotatable bonds is 9. The van der Waals surface area contributed by atoms with Gasteiger partial charge in [-0.25, -0.2) is 13.4 Å². The van der Waals surface area contributed by atoms with Gasteiger partial charge in [0.1, 0.15) is 5.75 Å². The van der Waals surface area contributed by atoms with E-state index < -0.39 is 9.84 Å². The largest absolute Gasteiger partial charge is 0.497 e. The molecule has 1 aromatic carbocycles. The molecule has 1 aliphatic rings. The molecule has 1 aromatic heterocycles. The average Bonchev–Trinajstić information content (AvgIpc) is 3.32. The molecule has 1 amide bonds. The second-order valence-electron chi connectivity index (χ2n) is 7.07. The van der Waals surface area contributed by atoms with Gasteiger partial charge in [-0.05, 0) is 25.0 Å². The number of sulfone groups is 1. The zero-order valence-corrected chi connectivity index (χ0v) is 18.4. The highest BCUT2D eigenvalue weighted by Gasteiger charge is 2.34. The quantitative estimate of drug-likeness (QED) is 0.561. The molecule has 29 heavy (non-hydrogen) atoms. The molecule has 7 nitrogen and oxygen atoms in total. The maximum Gasteiger partial charge on any atom is 0.233 e. The Morgan fingerprint density at radius 2 is 2.24 bits per heavy atom. The van der Waals surface area contributed by atoms with Gasteiger partial charge >= 0.3 is 0 Å². The van der Waals surface area contributed by atoms with Crippen molar-refractivity contribution in [3.8, 4) is 11.4 Å². The number of thioether (sulfide) groups is 1. The van der Waals surface area contributed by atoms with Crippen molar-refractivity contribution in [1.82, 2.24) is 14.5 Å². The van der Waals surface area contributed by atoms with Gasteiger partial charge in [-0.3, -0.25) is 9.36 Å². The van der Waals surface area contributed by atoms with Crippen molar-refractivity contribution in [3.63, 3.8) is 0 Å². The van der Waals surface area contributed by atoms with Crippen molar-refractivity contribution in [2.24, 2.45) is 0 Å². The van der Waals surface area contributed by atoms with Gasteiger partial charge in [-0.1, -0.05) is 31.2 Å². The minimum Gasteiger partial charge on any atom is -0.497 e. The molecule has 3 rings (SSSR count). The van der Waals surface area contributed by atoms with E-state index in [0.717, 1.165) is 24.3 Å². The van der Waals surface area contributed by atoms with E-state index in [9.17, 15) is 13.2 Å². The van der Waals surface area contributed by atoms with Crippen LogP contribution in [0.1, 0.15) is 26.2 Å². The molecule has 2 aromatic rings. The lowest BCUT2D eigenvalue weighted by Gasteiger charge is -2.28. The highest BCUT2D eigenvalue weighted by atomic mass is 32.2. The van der Waals surface area contributed by atoms with Crippen molar-refractivity contribution in [1.29, 1.82) is 0 Å². The molecule has 1 unspecified atom stereocenters. The Bertz CT molecular complexity index is 943. The van der Waals surface area contributed by atoms with Crippen LogP contribution in [0.3, 0.4) is 0 Å². The van der Waals surface area contributed by atoms with Gasteiger partial charge in [0.2, 0.25) is 5.91 Å². The molecular formula is C20H27N3O4S2. The molecule has 0 N–H and O–H groups in total. The van der Waals surface area contributed by atoms with Gasteiger partial charge in [0, 0.05) is 31.0 Å². The summed E-state index contributed by atoms with van der Waals surface area (Å²) in [5, 5.41) is 0.709. The number of ether oxygens (including phenoxy) is 1. The van der Waals surface area contributed by atoms with Gasteiger partial charge in [-0.2, -0.15) is 0 Å². The van der Waals surface area contributed by atoms with Crippen LogP contribution >= 0.6 is 11.8 Å². The molecule has 1 fully saturated rings. The fourth-order valence-corrected chi connectivity index (χ4v) is 6.01. The number of methoxy groups -OCH3 is 1. The summed E-state index contributed by atoms with van der Waals surface area (Å²) in [6, 6.07) is 7.42. The fraction of sp³-hybridized carbons (Fsp3) is 0.500. The van der Waals surface area contributed by atoms with Crippen LogP contribution in [-0.2, 0) is 14.6 Å². The first-order valence-electron chi connectivity index (χ1n) is 9.74. The monoisotopic (exact) mass is 437 g/mol. The third kappa shape index (κ3) is 5.54. The van der Waals surface area contributed by atoms with Crippen LogP contribution in [0.25, 0.3) is 5.69 Å². The van der Waals surface area contributed by atoms with Crippen LogP contribution in [-0.4, -0.2) is 65.7 Å². The number of carbonyl (C=O) groups is 1. The van der Waals surface area contributed by atoms with Crippen molar-refractivity contribution >= 4 is 27.5 Å². The predicted molar refractivity (Wildman–Crippen MR) is 115 cm³/mol. The summed E-state index contributed by atoms with van der Waals surface area (Å²) >= 11 is 1.36. The van der Waals surface area contributed by atoms with Crippen LogP contribution in [0.5, 0.6) is 5.75 Å². The van der Waals surface area contributed by atoms with Crippen molar-refractivity contribution in [2.45, 2.75) is 37.4 Å². The molecule has 158 valence electrons. The standard InChI is InChI=1S/C20H27N3O4S2/c1-3-4-10-22(17-8-12-29(25,26)15-17)19(24)14-28-20-21-9-11-23(20)16-6-5-7-18(13-16)27-2/h5-7,9,11,13,17H,3-4,8,10,12,14-15H2,1-2H3. The Labute approximate surface area is 176 Å². The number of aromatic nitrogens is 2. The summed E-state index contributed by atoms with van der Waals surface area (Å²) in [6.07, 6.45) is 5.90. The van der Waals surface area contributed by atoms with E-state index in [1.165, 1.54) is 11.8 Å². The molecule has 1 saturated heterocycles. The van der Waals surface area contributed by atoms with Crippen LogP contribution in [0.4, 0.5) is 0 Å². The van der Waals surface area contributed by atoms with Crippen molar-refractivity contribution < 1.29 is 17.9 Å². The first kappa shape index (κ1) is 21.7. The van der Waals surface area contributed by atoms with E-state index >= 15 is 0 Å². The molecule has 0 spiro atoms. The SMILES string of the molecule is CCCCN(C(=O)CSc1nccn1-c1cccc(OC)c1)C1CCS(=O)(=O)C1. The number of carbonyl (C=O) groups excluding carboxylic acids is 1. The van der Waals surface area contributed by atoms with E-state index in [1.807, 2.05) is 35.0 Å². The Hall–Kier alpha value is -2.00. The number of hydrogen-bond acceptors (Lipinski definition) is 6. The van der Waals surface area contributed by atoms with Crippen LogP contribution in [0, 0.1) is 0 Å². The van der Waals surface area contributed by atoms with E-state index in [1.54, 1.807) is 18.2 Å². The van der Waals surface area contributed by atoms with E-state index in [4.69, 9.17) is 4.74 Å². The lowest BCUT2D eigenvalue weighted by Crippen LogP contribution is -2.42. The van der Waals surface area contributed by atoms with Gasteiger partial charge in [0.15, 0.2) is 15.0 Å². The minimum atomic E-state index is -3.04. The van der Waals surface area contributed by atoms with Crippen LogP contribution in [0.2, 0.25) is 0 Å². The summed E-state index contributed by atoms with van der Waals surface area (Å²) in [5.74, 6) is 1.18. The van der Waals surface area contributed by atoms with Gasteiger partial charge in [-0.15, -0.1) is 0 Å². The topological polar surface area (TPSA) is 81.5 Å². The number of unbranched alkanes of at least 4 members (excludes halogenated alkanes) is 1. The van der Waals surface area contributed by atoms with Crippen LogP contribution < -0.4 is 4.74 Å². The van der Waals surface area contributed by atoms with Gasteiger partial charge in [0.25, 0.3) is 0 Å². The molecule has 0 bridgehead atoms. The third-order valence-electron chi connectivity index (χ3n) is 4.99. The lowest BCUT2D eigenvalue weighted by molar-refractivity contribution is -0.130. The van der Waals surface area contributed by atoms with Crippen molar-refractivity contribution in [3.05, 3.63) is 36.7 Å². The first-order valence-corrected chi connectivity index (χ1v) is 12.5. The zero-order valence-electron chi connectivity index (χ0n) is 16.8. The molecule has 0 radical (unpaired) electrons. The maximum absolute atomic E-state index is 12.9. The highest BCUT2D eigenvalue weighted by Crippen LogP contribution is 2.25. The Balaban J connectivity index is 1.69. The average molecular weight is 438 g/mol. The first-order chi connectivity index (χ1) is 13.9. The number of nitrogens with zero attached hydrogens (tertiary/aromatic N) is 3. The number of hydrogen-bond donors (Lipinski definition) is 0. The predicted octanol–water partition coefficient (Wildman–Crippen LogP) is 2.79. The van der Waals surface area contributed by atoms with Crippen LogP contribution in [0.15, 0.2) is 41.8 Å². The Kier molecular flexibility index (Phi) is 7.23. The van der Waals surface area contributed by atoms with E-state index in [-0.39, 0.29) is 29.2 Å². The molecular weight excluding hydrogens is 410 g/mol. The number of amides is 1. The maximum atomic E-state index is 12.9. The van der Waals surface area contributed by atoms with Gasteiger partial charge < -0.3 is 9.64 Å². The summed E-state index contributed by atoms with van der Waals surface area (Å²) in [6.45, 7) is 2.66. The summed E-state index contributed by atoms with van der Waals surface area (Å²) < 4.78 is 30.9. The molecule has 9 heteroatoms. The molecule has 0 aliphatic carbocycles. The summed E-state index contributed by atoms with van der Waals surface area (Å²) in [5.41, 5.74) is 0.904. The second-order valence-corrected chi connectivity index (χ2v) is 10.2. The zero-order chi connectivity index (χ0) is 20.9.